The van der Waals surface area contributed by atoms with E-state index < -0.39 is 0 Å². The number of carbonyl (C=O) groups is 1. The lowest BCUT2D eigenvalue weighted by atomic mass is 9.94. The van der Waals surface area contributed by atoms with Gasteiger partial charge in [-0.2, -0.15) is 20.0 Å². The quantitative estimate of drug-likeness (QED) is 0.892. The number of amides is 1. The third-order valence-corrected chi connectivity index (χ3v) is 3.45. The summed E-state index contributed by atoms with van der Waals surface area (Å²) in [5.74, 6) is 0.432. The second-order valence-corrected chi connectivity index (χ2v) is 4.86. The van der Waals surface area contributed by atoms with Gasteiger partial charge in [-0.25, -0.2) is 5.43 Å². The number of pyridine rings is 1. The molecule has 0 saturated carbocycles. The average Bonchev–Trinajstić information content (AvgIpc) is 2.91. The predicted molar refractivity (Wildman–Crippen MR) is 74.9 cm³/mol. The maximum absolute atomic E-state index is 11.4. The van der Waals surface area contributed by atoms with Crippen LogP contribution in [0.25, 0.3) is 5.52 Å². The van der Waals surface area contributed by atoms with Crippen molar-refractivity contribution in [2.75, 3.05) is 7.11 Å². The van der Waals surface area contributed by atoms with E-state index in [0.29, 0.717) is 18.0 Å². The third-order valence-electron chi connectivity index (χ3n) is 3.45. The normalized spacial score (nSPS) is 18.0. The molecule has 3 heterocycles. The van der Waals surface area contributed by atoms with Gasteiger partial charge in [0.25, 0.3) is 0 Å². The molecule has 1 aliphatic rings. The van der Waals surface area contributed by atoms with E-state index >= 15 is 0 Å². The predicted octanol–water partition coefficient (Wildman–Crippen LogP) is 1.07. The maximum atomic E-state index is 11.4. The van der Waals surface area contributed by atoms with Crippen molar-refractivity contribution in [3.05, 3.63) is 29.5 Å². The monoisotopic (exact) mass is 283 g/mol. The first-order chi connectivity index (χ1) is 10.1. The highest BCUT2D eigenvalue weighted by atomic mass is 16.5. The van der Waals surface area contributed by atoms with Crippen molar-refractivity contribution < 1.29 is 9.53 Å². The Morgan fingerprint density at radius 1 is 1.52 bits per heavy atom. The molecule has 0 radical (unpaired) electrons. The van der Waals surface area contributed by atoms with Crippen LogP contribution in [0.5, 0.6) is 5.88 Å². The van der Waals surface area contributed by atoms with E-state index in [4.69, 9.17) is 10.00 Å². The molecule has 21 heavy (non-hydrogen) atoms. The van der Waals surface area contributed by atoms with E-state index in [1.165, 1.54) is 0 Å². The van der Waals surface area contributed by atoms with E-state index in [1.807, 2.05) is 19.1 Å². The molecule has 0 aromatic carbocycles. The van der Waals surface area contributed by atoms with E-state index in [1.54, 1.807) is 23.8 Å². The molecule has 2 aromatic rings. The van der Waals surface area contributed by atoms with Crippen molar-refractivity contribution in [2.45, 2.75) is 13.3 Å². The number of methoxy groups -OCH3 is 1. The van der Waals surface area contributed by atoms with Crippen molar-refractivity contribution in [1.29, 1.82) is 5.26 Å². The molecule has 0 bridgehead atoms. The first kappa shape index (κ1) is 13.1. The van der Waals surface area contributed by atoms with Gasteiger partial charge in [-0.15, -0.1) is 0 Å². The summed E-state index contributed by atoms with van der Waals surface area (Å²) in [6.07, 6.45) is 0.385. The van der Waals surface area contributed by atoms with Crippen LogP contribution < -0.4 is 10.2 Å². The van der Waals surface area contributed by atoms with Gasteiger partial charge in [-0.1, -0.05) is 6.92 Å². The molecule has 1 atom stereocenters. The lowest BCUT2D eigenvalue weighted by Crippen LogP contribution is -2.32. The largest absolute Gasteiger partial charge is 0.481 e. The zero-order chi connectivity index (χ0) is 15.0. The van der Waals surface area contributed by atoms with Crippen LogP contribution in [-0.4, -0.2) is 28.3 Å². The lowest BCUT2D eigenvalue weighted by Gasteiger charge is -2.20. The Kier molecular flexibility index (Phi) is 3.06. The van der Waals surface area contributed by atoms with Crippen LogP contribution in [0.1, 0.15) is 24.6 Å². The molecule has 3 rings (SSSR count). The summed E-state index contributed by atoms with van der Waals surface area (Å²) < 4.78 is 6.82. The highest BCUT2D eigenvalue weighted by Crippen LogP contribution is 2.24. The Balaban J connectivity index is 2.22. The minimum absolute atomic E-state index is 0.00335. The van der Waals surface area contributed by atoms with Crippen molar-refractivity contribution >= 4 is 17.1 Å². The van der Waals surface area contributed by atoms with Crippen LogP contribution in [-0.2, 0) is 4.79 Å². The van der Waals surface area contributed by atoms with Crippen LogP contribution in [0, 0.1) is 17.2 Å². The van der Waals surface area contributed by atoms with Gasteiger partial charge in [0, 0.05) is 30.0 Å². The van der Waals surface area contributed by atoms with Gasteiger partial charge >= 0.3 is 0 Å². The fourth-order valence-electron chi connectivity index (χ4n) is 2.46. The van der Waals surface area contributed by atoms with Crippen molar-refractivity contribution in [3.8, 4) is 11.9 Å². The van der Waals surface area contributed by atoms with Gasteiger partial charge in [0.05, 0.1) is 18.3 Å². The third kappa shape index (κ3) is 2.10. The average molecular weight is 283 g/mol. The Bertz CT molecular complexity index is 800. The molecule has 106 valence electrons. The van der Waals surface area contributed by atoms with Gasteiger partial charge in [0.15, 0.2) is 5.69 Å². The molecule has 1 amide bonds. The molecule has 0 spiro atoms. The number of nitriles is 1. The molecule has 7 nitrogen and oxygen atoms in total. The number of nitrogens with one attached hydrogen (secondary N) is 1. The number of hydrazone groups is 1. The van der Waals surface area contributed by atoms with Gasteiger partial charge in [0.1, 0.15) is 6.07 Å². The van der Waals surface area contributed by atoms with Gasteiger partial charge in [-0.3, -0.25) is 4.79 Å². The molecule has 7 heteroatoms. The molecular formula is C14H13N5O2. The Morgan fingerprint density at radius 3 is 3.00 bits per heavy atom. The summed E-state index contributed by atoms with van der Waals surface area (Å²) in [6, 6.07) is 7.33. The van der Waals surface area contributed by atoms with E-state index in [0.717, 1.165) is 16.8 Å². The van der Waals surface area contributed by atoms with Crippen LogP contribution in [0.2, 0.25) is 0 Å². The van der Waals surface area contributed by atoms with Gasteiger partial charge < -0.3 is 4.74 Å². The summed E-state index contributed by atoms with van der Waals surface area (Å²) >= 11 is 0. The summed E-state index contributed by atoms with van der Waals surface area (Å²) in [5, 5.41) is 17.4. The topological polar surface area (TPSA) is 91.8 Å². The number of ether oxygens (including phenoxy) is 1. The Morgan fingerprint density at radius 2 is 2.33 bits per heavy atom. The molecule has 1 aliphatic heterocycles. The zero-order valence-corrected chi connectivity index (χ0v) is 11.6. The van der Waals surface area contributed by atoms with E-state index in [9.17, 15) is 4.79 Å². The molecule has 1 N–H and O–H groups in total. The Hall–Kier alpha value is -2.88. The number of nitrogens with zero attached hydrogens (tertiary/aromatic N) is 4. The summed E-state index contributed by atoms with van der Waals surface area (Å²) in [4.78, 5) is 11.4. The fraction of sp³-hybridized carbons (Fsp3) is 0.286. The van der Waals surface area contributed by atoms with Gasteiger partial charge in [-0.05, 0) is 6.07 Å². The van der Waals surface area contributed by atoms with Crippen molar-refractivity contribution in [3.63, 3.8) is 0 Å². The highest BCUT2D eigenvalue weighted by Gasteiger charge is 2.24. The first-order valence-corrected chi connectivity index (χ1v) is 6.47. The van der Waals surface area contributed by atoms with Crippen LogP contribution >= 0.6 is 0 Å². The van der Waals surface area contributed by atoms with E-state index in [2.05, 4.69) is 15.6 Å². The first-order valence-electron chi connectivity index (χ1n) is 6.47. The standard InChI is InChI=1S/C14H13N5O2/c1-8-5-12(20)16-17-14(8)10-3-4-13(21-2)19-11(10)6-9(7-15)18-19/h3-4,6,8H,5H2,1-2H3,(H,16,20). The number of rotatable bonds is 2. The number of hydrogen-bond acceptors (Lipinski definition) is 5. The van der Waals surface area contributed by atoms with Gasteiger partial charge in [0.2, 0.25) is 11.8 Å². The van der Waals surface area contributed by atoms with Crippen LogP contribution in [0.4, 0.5) is 0 Å². The number of carbonyl (C=O) groups excluding carboxylic acids is 1. The number of fused-ring (bicyclic) bond motifs is 1. The minimum atomic E-state index is -0.0954. The minimum Gasteiger partial charge on any atom is -0.481 e. The smallest absolute Gasteiger partial charge is 0.240 e. The summed E-state index contributed by atoms with van der Waals surface area (Å²) in [5.41, 5.74) is 5.13. The molecule has 2 aromatic heterocycles. The van der Waals surface area contributed by atoms with Crippen LogP contribution in [0.15, 0.2) is 23.3 Å². The van der Waals surface area contributed by atoms with Crippen molar-refractivity contribution in [1.82, 2.24) is 15.0 Å². The molecule has 0 fully saturated rings. The molecule has 0 aliphatic carbocycles. The summed E-state index contributed by atoms with van der Waals surface area (Å²) in [6.45, 7) is 1.94. The molecular weight excluding hydrogens is 270 g/mol. The van der Waals surface area contributed by atoms with E-state index in [-0.39, 0.29) is 11.8 Å². The second kappa shape index (κ2) is 4.90. The SMILES string of the molecule is COc1ccc(C2=NNC(=O)CC2C)c2cc(C#N)nn12. The highest BCUT2D eigenvalue weighted by molar-refractivity contribution is 6.10. The number of hydrogen-bond donors (Lipinski definition) is 1. The maximum Gasteiger partial charge on any atom is 0.240 e. The summed E-state index contributed by atoms with van der Waals surface area (Å²) in [7, 11) is 1.54. The van der Waals surface area contributed by atoms with Crippen molar-refractivity contribution in [2.24, 2.45) is 11.0 Å². The fourth-order valence-corrected chi connectivity index (χ4v) is 2.46. The molecule has 0 saturated heterocycles. The molecule has 1 unspecified atom stereocenters. The zero-order valence-electron chi connectivity index (χ0n) is 11.6. The lowest BCUT2D eigenvalue weighted by molar-refractivity contribution is -0.121. The Labute approximate surface area is 120 Å². The van der Waals surface area contributed by atoms with Crippen LogP contribution in [0.3, 0.4) is 0 Å². The number of aromatic nitrogens is 2. The second-order valence-electron chi connectivity index (χ2n) is 4.86.